The molecule has 2 bridgehead atoms. The maximum absolute atomic E-state index is 11.8. The molecular formula is C12H14N2O2. The second-order valence-corrected chi connectivity index (χ2v) is 5.56. The number of carbonyl (C=O) groups is 1. The van der Waals surface area contributed by atoms with E-state index in [-0.39, 0.29) is 11.1 Å². The molecule has 84 valence electrons. The number of nitrogens with zero attached hydrogens (tertiary/aromatic N) is 1. The van der Waals surface area contributed by atoms with Gasteiger partial charge in [-0.15, -0.1) is 0 Å². The van der Waals surface area contributed by atoms with E-state index in [1.807, 2.05) is 0 Å². The fourth-order valence-corrected chi connectivity index (χ4v) is 3.49. The number of carbonyl (C=O) groups excluding carboxylic acids is 1. The van der Waals surface area contributed by atoms with Crippen LogP contribution in [0, 0.1) is 5.41 Å². The van der Waals surface area contributed by atoms with E-state index in [0.717, 1.165) is 19.3 Å². The Hall–Kier alpha value is -1.58. The summed E-state index contributed by atoms with van der Waals surface area (Å²) in [5, 5.41) is 0. The molecule has 2 N–H and O–H groups in total. The van der Waals surface area contributed by atoms with Gasteiger partial charge in [-0.3, -0.25) is 9.59 Å². The van der Waals surface area contributed by atoms with Gasteiger partial charge in [-0.2, -0.15) is 0 Å². The number of nitrogens with two attached hydrogens (primary N) is 1. The smallest absolute Gasteiger partial charge is 0.251 e. The van der Waals surface area contributed by atoms with E-state index in [4.69, 9.17) is 5.73 Å². The summed E-state index contributed by atoms with van der Waals surface area (Å²) in [6.45, 7) is 2.23. The molecule has 0 saturated heterocycles. The summed E-state index contributed by atoms with van der Waals surface area (Å²) in [4.78, 5) is 22.9. The summed E-state index contributed by atoms with van der Waals surface area (Å²) >= 11 is 0. The van der Waals surface area contributed by atoms with Crippen molar-refractivity contribution in [1.82, 2.24) is 4.57 Å². The zero-order chi connectivity index (χ0) is 11.6. The normalized spacial score (nSPS) is 35.1. The van der Waals surface area contributed by atoms with Gasteiger partial charge in [0.2, 0.25) is 5.91 Å². The Morgan fingerprint density at radius 3 is 2.50 bits per heavy atom. The number of primary amides is 1. The average Bonchev–Trinajstić information content (AvgIpc) is 2.12. The SMILES string of the molecule is CC12CC(n3cc(C(N)=O)ccc3=O)(C1)C2. The summed E-state index contributed by atoms with van der Waals surface area (Å²) in [6, 6.07) is 2.93. The van der Waals surface area contributed by atoms with Crippen LogP contribution in [0.25, 0.3) is 0 Å². The minimum Gasteiger partial charge on any atom is -0.366 e. The summed E-state index contributed by atoms with van der Waals surface area (Å²) < 4.78 is 1.71. The first-order valence-electron chi connectivity index (χ1n) is 5.47. The molecule has 4 nitrogen and oxygen atoms in total. The zero-order valence-electron chi connectivity index (χ0n) is 9.19. The molecule has 0 radical (unpaired) electrons. The van der Waals surface area contributed by atoms with Crippen molar-refractivity contribution < 1.29 is 4.79 Å². The molecule has 0 aromatic carbocycles. The highest BCUT2D eigenvalue weighted by molar-refractivity contribution is 5.92. The van der Waals surface area contributed by atoms with Crippen LogP contribution in [0.15, 0.2) is 23.1 Å². The van der Waals surface area contributed by atoms with Crippen molar-refractivity contribution in [1.29, 1.82) is 0 Å². The van der Waals surface area contributed by atoms with Crippen molar-refractivity contribution in [2.45, 2.75) is 31.7 Å². The van der Waals surface area contributed by atoms with E-state index in [1.165, 1.54) is 12.1 Å². The third kappa shape index (κ3) is 1.04. The van der Waals surface area contributed by atoms with Gasteiger partial charge in [0, 0.05) is 17.8 Å². The summed E-state index contributed by atoms with van der Waals surface area (Å²) in [5.41, 5.74) is 6.01. The van der Waals surface area contributed by atoms with Crippen molar-refractivity contribution in [2.75, 3.05) is 0 Å². The van der Waals surface area contributed by atoms with Crippen LogP contribution < -0.4 is 11.3 Å². The van der Waals surface area contributed by atoms with Gasteiger partial charge in [-0.05, 0) is 30.7 Å². The highest BCUT2D eigenvalue weighted by Gasteiger charge is 2.66. The monoisotopic (exact) mass is 218 g/mol. The molecule has 3 aliphatic rings. The molecule has 1 aromatic rings. The second-order valence-electron chi connectivity index (χ2n) is 5.56. The highest BCUT2D eigenvalue weighted by Crippen LogP contribution is 2.70. The summed E-state index contributed by atoms with van der Waals surface area (Å²) in [5.74, 6) is -0.480. The Bertz CT molecular complexity index is 524. The Balaban J connectivity index is 2.04. The Morgan fingerprint density at radius 2 is 2.00 bits per heavy atom. The van der Waals surface area contributed by atoms with E-state index < -0.39 is 5.91 Å². The zero-order valence-corrected chi connectivity index (χ0v) is 9.19. The van der Waals surface area contributed by atoms with Crippen LogP contribution in [0.4, 0.5) is 0 Å². The number of amides is 1. The second kappa shape index (κ2) is 2.56. The number of hydrogen-bond acceptors (Lipinski definition) is 2. The van der Waals surface area contributed by atoms with E-state index in [9.17, 15) is 9.59 Å². The minimum atomic E-state index is -0.480. The first-order valence-corrected chi connectivity index (χ1v) is 5.47. The standard InChI is InChI=1S/C12H14N2O2/c1-11-5-12(6-11,7-11)14-4-8(10(13)16)2-3-9(14)15/h2-4H,5-7H2,1H3,(H2,13,16). The Kier molecular flexibility index (Phi) is 1.54. The van der Waals surface area contributed by atoms with E-state index in [1.54, 1.807) is 10.8 Å². The minimum absolute atomic E-state index is 0.0166. The molecule has 0 spiro atoms. The van der Waals surface area contributed by atoms with E-state index in [2.05, 4.69) is 6.92 Å². The van der Waals surface area contributed by atoms with Crippen LogP contribution in [0.5, 0.6) is 0 Å². The largest absolute Gasteiger partial charge is 0.366 e. The van der Waals surface area contributed by atoms with Crippen LogP contribution in [-0.4, -0.2) is 10.5 Å². The molecule has 1 aromatic heterocycles. The quantitative estimate of drug-likeness (QED) is 0.799. The van der Waals surface area contributed by atoms with Crippen LogP contribution in [-0.2, 0) is 5.54 Å². The van der Waals surface area contributed by atoms with Crippen molar-refractivity contribution in [3.8, 4) is 0 Å². The van der Waals surface area contributed by atoms with Gasteiger partial charge in [0.1, 0.15) is 0 Å². The first-order chi connectivity index (χ1) is 7.44. The molecule has 0 aliphatic heterocycles. The number of aromatic nitrogens is 1. The van der Waals surface area contributed by atoms with Crippen LogP contribution in [0.3, 0.4) is 0 Å². The molecule has 1 heterocycles. The molecule has 4 heteroatoms. The number of pyridine rings is 1. The predicted octanol–water partition coefficient (Wildman–Crippen LogP) is 0.846. The molecular weight excluding hydrogens is 204 g/mol. The molecule has 1 amide bonds. The first kappa shape index (κ1) is 9.63. The van der Waals surface area contributed by atoms with Gasteiger partial charge >= 0.3 is 0 Å². The fourth-order valence-electron chi connectivity index (χ4n) is 3.49. The molecule has 0 atom stereocenters. The lowest BCUT2D eigenvalue weighted by atomic mass is 9.40. The fraction of sp³-hybridized carbons (Fsp3) is 0.500. The van der Waals surface area contributed by atoms with Gasteiger partial charge in [0.15, 0.2) is 0 Å². The number of hydrogen-bond donors (Lipinski definition) is 1. The van der Waals surface area contributed by atoms with Crippen LogP contribution in [0.1, 0.15) is 36.5 Å². The van der Waals surface area contributed by atoms with E-state index in [0.29, 0.717) is 11.0 Å². The van der Waals surface area contributed by atoms with Crippen molar-refractivity contribution in [2.24, 2.45) is 11.1 Å². The van der Waals surface area contributed by atoms with Gasteiger partial charge in [-0.1, -0.05) is 6.92 Å². The molecule has 3 saturated carbocycles. The lowest BCUT2D eigenvalue weighted by molar-refractivity contribution is -0.175. The van der Waals surface area contributed by atoms with Gasteiger partial charge in [-0.25, -0.2) is 0 Å². The van der Waals surface area contributed by atoms with Crippen molar-refractivity contribution in [3.63, 3.8) is 0 Å². The van der Waals surface area contributed by atoms with Gasteiger partial charge in [0.25, 0.3) is 5.56 Å². The summed E-state index contributed by atoms with van der Waals surface area (Å²) in [7, 11) is 0. The third-order valence-corrected chi connectivity index (χ3v) is 3.97. The summed E-state index contributed by atoms with van der Waals surface area (Å²) in [6.07, 6.45) is 4.75. The van der Waals surface area contributed by atoms with Gasteiger partial charge in [0.05, 0.1) is 5.56 Å². The Morgan fingerprint density at radius 1 is 1.38 bits per heavy atom. The van der Waals surface area contributed by atoms with Crippen molar-refractivity contribution >= 4 is 5.91 Å². The van der Waals surface area contributed by atoms with Crippen LogP contribution in [0.2, 0.25) is 0 Å². The Labute approximate surface area is 93.1 Å². The number of rotatable bonds is 2. The third-order valence-electron chi connectivity index (χ3n) is 3.97. The predicted molar refractivity (Wildman–Crippen MR) is 59.2 cm³/mol. The molecule has 16 heavy (non-hydrogen) atoms. The van der Waals surface area contributed by atoms with Gasteiger partial charge < -0.3 is 10.3 Å². The molecule has 3 aliphatic carbocycles. The molecule has 0 unspecified atom stereocenters. The maximum Gasteiger partial charge on any atom is 0.251 e. The maximum atomic E-state index is 11.8. The lowest BCUT2D eigenvalue weighted by Crippen LogP contribution is -2.68. The van der Waals surface area contributed by atoms with Crippen molar-refractivity contribution in [3.05, 3.63) is 34.2 Å². The average molecular weight is 218 g/mol. The van der Waals surface area contributed by atoms with E-state index >= 15 is 0 Å². The lowest BCUT2D eigenvalue weighted by Gasteiger charge is -2.69. The molecule has 3 fully saturated rings. The topological polar surface area (TPSA) is 65.1 Å². The van der Waals surface area contributed by atoms with Crippen LogP contribution >= 0.6 is 0 Å². The highest BCUT2D eigenvalue weighted by atomic mass is 16.1. The molecule has 4 rings (SSSR count).